The van der Waals surface area contributed by atoms with E-state index in [1.165, 1.54) is 0 Å². The van der Waals surface area contributed by atoms with Gasteiger partial charge < -0.3 is 30.7 Å². The highest BCUT2D eigenvalue weighted by molar-refractivity contribution is 5.94. The van der Waals surface area contributed by atoms with Crippen LogP contribution in [0.4, 0.5) is 4.79 Å². The Morgan fingerprint density at radius 2 is 1.33 bits per heavy atom. The van der Waals surface area contributed by atoms with Crippen LogP contribution in [0.25, 0.3) is 11.1 Å². The number of hydrogen-bond acceptors (Lipinski definition) is 7. The third-order valence-corrected chi connectivity index (χ3v) is 8.23. The molecule has 0 heterocycles. The predicted molar refractivity (Wildman–Crippen MR) is 181 cm³/mol. The van der Waals surface area contributed by atoms with Gasteiger partial charge in [0, 0.05) is 12.3 Å². The molecule has 0 bridgehead atoms. The molecule has 4 amide bonds. The Bertz CT molecular complexity index is 1550. The van der Waals surface area contributed by atoms with E-state index in [2.05, 4.69) is 21.3 Å². The third-order valence-electron chi connectivity index (χ3n) is 8.23. The first kappa shape index (κ1) is 35.7. The quantitative estimate of drug-likeness (QED) is 0.181. The van der Waals surface area contributed by atoms with Gasteiger partial charge >= 0.3 is 12.1 Å². The number of amides is 4. The number of hydrogen-bond donors (Lipinski definition) is 4. The van der Waals surface area contributed by atoms with Crippen LogP contribution < -0.4 is 21.3 Å². The van der Waals surface area contributed by atoms with Crippen molar-refractivity contribution in [3.05, 3.63) is 95.6 Å². The van der Waals surface area contributed by atoms with E-state index in [0.29, 0.717) is 6.42 Å². The molecule has 4 N–H and O–H groups in total. The number of esters is 1. The van der Waals surface area contributed by atoms with Crippen LogP contribution >= 0.6 is 0 Å². The molecule has 0 spiro atoms. The molecular formula is C37H44N4O7. The Balaban J connectivity index is 1.33. The number of ether oxygens (including phenoxy) is 2. The Morgan fingerprint density at radius 1 is 0.729 bits per heavy atom. The average Bonchev–Trinajstić information content (AvgIpc) is 3.41. The molecule has 0 aromatic heterocycles. The zero-order valence-electron chi connectivity index (χ0n) is 27.8. The molecule has 0 saturated heterocycles. The molecule has 0 fully saturated rings. The number of carbonyl (C=O) groups excluding carboxylic acids is 5. The minimum atomic E-state index is -1.06. The van der Waals surface area contributed by atoms with Gasteiger partial charge in [-0.1, -0.05) is 99.6 Å². The van der Waals surface area contributed by atoms with Gasteiger partial charge in [0.25, 0.3) is 0 Å². The van der Waals surface area contributed by atoms with Gasteiger partial charge in [0.15, 0.2) is 0 Å². The molecule has 0 saturated carbocycles. The first-order chi connectivity index (χ1) is 23.1. The van der Waals surface area contributed by atoms with E-state index < -0.39 is 48.4 Å². The van der Waals surface area contributed by atoms with Gasteiger partial charge in [-0.25, -0.2) is 4.79 Å². The van der Waals surface area contributed by atoms with Crippen LogP contribution in [-0.2, 0) is 35.1 Å². The molecule has 1 aliphatic carbocycles. The van der Waals surface area contributed by atoms with Gasteiger partial charge in [0.1, 0.15) is 31.8 Å². The summed E-state index contributed by atoms with van der Waals surface area (Å²) in [6.07, 6.45) is -0.271. The molecule has 11 heteroatoms. The number of benzene rings is 3. The summed E-state index contributed by atoms with van der Waals surface area (Å²) in [7, 11) is 0. The molecule has 3 aromatic rings. The fraction of sp³-hybridized carbons (Fsp3) is 0.378. The Labute approximate surface area is 281 Å². The van der Waals surface area contributed by atoms with Crippen LogP contribution in [0.1, 0.15) is 56.7 Å². The summed E-state index contributed by atoms with van der Waals surface area (Å²) < 4.78 is 10.7. The fourth-order valence-corrected chi connectivity index (χ4v) is 5.51. The molecule has 0 aliphatic heterocycles. The van der Waals surface area contributed by atoms with Crippen LogP contribution in [0, 0.1) is 5.92 Å². The van der Waals surface area contributed by atoms with Crippen molar-refractivity contribution in [3.8, 4) is 11.1 Å². The molecule has 1 aliphatic rings. The van der Waals surface area contributed by atoms with Gasteiger partial charge in [-0.2, -0.15) is 0 Å². The van der Waals surface area contributed by atoms with Crippen molar-refractivity contribution in [2.24, 2.45) is 5.92 Å². The zero-order valence-corrected chi connectivity index (χ0v) is 27.8. The number of fused-ring (bicyclic) bond motifs is 3. The molecule has 3 unspecified atom stereocenters. The minimum absolute atomic E-state index is 0.0918. The number of rotatable bonds is 15. The fourth-order valence-electron chi connectivity index (χ4n) is 5.51. The summed E-state index contributed by atoms with van der Waals surface area (Å²) in [6, 6.07) is 23.0. The van der Waals surface area contributed by atoms with Gasteiger partial charge in [0.05, 0.1) is 6.10 Å². The zero-order chi connectivity index (χ0) is 34.6. The van der Waals surface area contributed by atoms with Crippen LogP contribution in [0.15, 0.2) is 78.9 Å². The lowest BCUT2D eigenvalue weighted by Crippen LogP contribution is -2.57. The van der Waals surface area contributed by atoms with Crippen molar-refractivity contribution in [3.63, 3.8) is 0 Å². The highest BCUT2D eigenvalue weighted by Crippen LogP contribution is 2.44. The van der Waals surface area contributed by atoms with Gasteiger partial charge in [-0.3, -0.25) is 19.2 Å². The number of alkyl carbamates (subject to hydrolysis) is 1. The van der Waals surface area contributed by atoms with Crippen LogP contribution in [0.3, 0.4) is 0 Å². The van der Waals surface area contributed by atoms with Crippen molar-refractivity contribution in [2.75, 3.05) is 19.7 Å². The molecule has 11 nitrogen and oxygen atoms in total. The summed E-state index contributed by atoms with van der Waals surface area (Å²) in [6.45, 7) is 6.47. The monoisotopic (exact) mass is 656 g/mol. The summed E-state index contributed by atoms with van der Waals surface area (Å²) >= 11 is 0. The second-order valence-electron chi connectivity index (χ2n) is 12.1. The van der Waals surface area contributed by atoms with E-state index in [1.54, 1.807) is 20.8 Å². The molecule has 48 heavy (non-hydrogen) atoms. The molecule has 3 atom stereocenters. The molecule has 4 rings (SSSR count). The Hall–Kier alpha value is -5.19. The first-order valence-electron chi connectivity index (χ1n) is 16.3. The number of nitrogens with one attached hydrogen (secondary N) is 4. The lowest BCUT2D eigenvalue weighted by molar-refractivity contribution is -0.148. The van der Waals surface area contributed by atoms with E-state index in [9.17, 15) is 24.0 Å². The second-order valence-corrected chi connectivity index (χ2v) is 12.1. The lowest BCUT2D eigenvalue weighted by atomic mass is 9.98. The maximum atomic E-state index is 13.5. The van der Waals surface area contributed by atoms with E-state index in [0.717, 1.165) is 27.8 Å². The van der Waals surface area contributed by atoms with Crippen LogP contribution in [0.2, 0.25) is 0 Å². The standard InChI is InChI=1S/C37H44N4O7/c1-5-24(4)48-33(43)21-38-36(45)34(23(2)3)41-35(44)31(19-25-13-7-6-8-14-25)40-32(42)20-39-37(46)47-22-30-28-17-11-9-15-26(28)27-16-10-12-18-29(27)30/h6-18,23-24,30-31,34H,5,19-22H2,1-4H3,(H,38,45)(H,39,46)(H,40,42)(H,41,44). The van der Waals surface area contributed by atoms with Crippen LogP contribution in [-0.4, -0.2) is 67.7 Å². The maximum Gasteiger partial charge on any atom is 0.407 e. The smallest absolute Gasteiger partial charge is 0.407 e. The second kappa shape index (κ2) is 17.1. The van der Waals surface area contributed by atoms with Gasteiger partial charge in [-0.15, -0.1) is 0 Å². The van der Waals surface area contributed by atoms with E-state index in [4.69, 9.17) is 9.47 Å². The largest absolute Gasteiger partial charge is 0.461 e. The average molecular weight is 657 g/mol. The van der Waals surface area contributed by atoms with Gasteiger partial charge in [-0.05, 0) is 47.1 Å². The third kappa shape index (κ3) is 9.66. The first-order valence-corrected chi connectivity index (χ1v) is 16.3. The van der Waals surface area contributed by atoms with Crippen molar-refractivity contribution in [1.29, 1.82) is 0 Å². The van der Waals surface area contributed by atoms with Crippen molar-refractivity contribution >= 4 is 29.8 Å². The highest BCUT2D eigenvalue weighted by Gasteiger charge is 2.31. The minimum Gasteiger partial charge on any atom is -0.461 e. The molecule has 0 radical (unpaired) electrons. The predicted octanol–water partition coefficient (Wildman–Crippen LogP) is 3.85. The van der Waals surface area contributed by atoms with Crippen molar-refractivity contribution < 1.29 is 33.4 Å². The highest BCUT2D eigenvalue weighted by atomic mass is 16.5. The van der Waals surface area contributed by atoms with E-state index >= 15 is 0 Å². The van der Waals surface area contributed by atoms with Crippen molar-refractivity contribution in [1.82, 2.24) is 21.3 Å². The molecule has 254 valence electrons. The SMILES string of the molecule is CCC(C)OC(=O)CNC(=O)C(NC(=O)C(Cc1ccccc1)NC(=O)CNC(=O)OCC1c2ccccc2-c2ccccc21)C(C)C. The Kier molecular flexibility index (Phi) is 12.7. The van der Waals surface area contributed by atoms with Gasteiger partial charge in [0.2, 0.25) is 17.7 Å². The summed E-state index contributed by atoms with van der Waals surface area (Å²) in [5, 5.41) is 10.4. The topological polar surface area (TPSA) is 152 Å². The van der Waals surface area contributed by atoms with E-state index in [1.807, 2.05) is 85.8 Å². The summed E-state index contributed by atoms with van der Waals surface area (Å²) in [4.78, 5) is 64.2. The molecule has 3 aromatic carbocycles. The van der Waals surface area contributed by atoms with E-state index in [-0.39, 0.29) is 37.5 Å². The summed E-state index contributed by atoms with van der Waals surface area (Å²) in [5.74, 6) is -2.80. The lowest BCUT2D eigenvalue weighted by Gasteiger charge is -2.25. The summed E-state index contributed by atoms with van der Waals surface area (Å²) in [5.41, 5.74) is 5.12. The maximum absolute atomic E-state index is 13.5. The normalized spacial score (nSPS) is 13.7. The van der Waals surface area contributed by atoms with Crippen LogP contribution in [0.5, 0.6) is 0 Å². The molecular weight excluding hydrogens is 612 g/mol. The van der Waals surface area contributed by atoms with Crippen molar-refractivity contribution in [2.45, 2.75) is 64.6 Å². The Morgan fingerprint density at radius 3 is 1.94 bits per heavy atom. The number of carbonyl (C=O) groups is 5.